The van der Waals surface area contributed by atoms with Gasteiger partial charge in [-0.1, -0.05) is 39.5 Å². The largest absolute Gasteiger partial charge is 0.298 e. The molecule has 3 rings (SSSR count). The van der Waals surface area contributed by atoms with Crippen LogP contribution < -0.4 is 0 Å². The summed E-state index contributed by atoms with van der Waals surface area (Å²) in [7, 11) is 0. The molecule has 3 fully saturated rings. The highest BCUT2D eigenvalue weighted by atomic mass is 15.3. The van der Waals surface area contributed by atoms with Crippen LogP contribution in [0.15, 0.2) is 0 Å². The molecule has 0 aromatic rings. The van der Waals surface area contributed by atoms with E-state index in [-0.39, 0.29) is 0 Å². The molecular weight excluding hydrogens is 232 g/mol. The standard InChI is InChI=1S/C17H32N2/c1-3-7-16-14(4-2)12-18-10-11-19(16)13-15-8-5-6-9-17(15)18/h14-17H,3-13H2,1-2H3. The highest BCUT2D eigenvalue weighted by Gasteiger charge is 2.41. The van der Waals surface area contributed by atoms with Gasteiger partial charge in [0.25, 0.3) is 0 Å². The first-order valence-corrected chi connectivity index (χ1v) is 8.81. The second kappa shape index (κ2) is 6.13. The van der Waals surface area contributed by atoms with Gasteiger partial charge < -0.3 is 0 Å². The zero-order valence-corrected chi connectivity index (χ0v) is 13.0. The van der Waals surface area contributed by atoms with E-state index < -0.39 is 0 Å². The number of rotatable bonds is 3. The van der Waals surface area contributed by atoms with Crippen LogP contribution in [0.5, 0.6) is 0 Å². The number of hydrogen-bond donors (Lipinski definition) is 0. The van der Waals surface area contributed by atoms with Crippen LogP contribution in [0.1, 0.15) is 58.8 Å². The van der Waals surface area contributed by atoms with Crippen molar-refractivity contribution in [1.29, 1.82) is 0 Å². The maximum atomic E-state index is 2.90. The van der Waals surface area contributed by atoms with E-state index in [2.05, 4.69) is 23.6 Å². The van der Waals surface area contributed by atoms with Crippen LogP contribution >= 0.6 is 0 Å². The molecule has 2 heterocycles. The first kappa shape index (κ1) is 13.9. The number of fused-ring (bicyclic) bond motifs is 5. The van der Waals surface area contributed by atoms with E-state index in [4.69, 9.17) is 0 Å². The van der Waals surface area contributed by atoms with Gasteiger partial charge >= 0.3 is 0 Å². The van der Waals surface area contributed by atoms with Crippen LogP contribution in [0.2, 0.25) is 0 Å². The van der Waals surface area contributed by atoms with E-state index in [1.54, 1.807) is 0 Å². The first-order valence-electron chi connectivity index (χ1n) is 8.81. The molecule has 2 heteroatoms. The summed E-state index contributed by atoms with van der Waals surface area (Å²) in [6.45, 7) is 10.3. The molecule has 2 aliphatic heterocycles. The molecule has 2 saturated heterocycles. The fraction of sp³-hybridized carbons (Fsp3) is 1.00. The average Bonchev–Trinajstić information content (AvgIpc) is 2.71. The van der Waals surface area contributed by atoms with E-state index >= 15 is 0 Å². The van der Waals surface area contributed by atoms with Crippen molar-refractivity contribution in [2.45, 2.75) is 70.9 Å². The molecule has 19 heavy (non-hydrogen) atoms. The van der Waals surface area contributed by atoms with Crippen molar-refractivity contribution in [2.24, 2.45) is 11.8 Å². The Labute approximate surface area is 119 Å². The Morgan fingerprint density at radius 2 is 1.74 bits per heavy atom. The Hall–Kier alpha value is -0.0800. The van der Waals surface area contributed by atoms with Gasteiger partial charge in [-0.2, -0.15) is 0 Å². The molecule has 0 radical (unpaired) electrons. The monoisotopic (exact) mass is 264 g/mol. The summed E-state index contributed by atoms with van der Waals surface area (Å²) >= 11 is 0. The molecule has 3 aliphatic rings. The SMILES string of the molecule is CCCC1C(CC)CN2CCN1CC1CCCCC12. The molecule has 0 spiro atoms. The smallest absolute Gasteiger partial charge is 0.0136 e. The van der Waals surface area contributed by atoms with Crippen molar-refractivity contribution < 1.29 is 0 Å². The second-order valence-corrected chi connectivity index (χ2v) is 7.13. The lowest BCUT2D eigenvalue weighted by Crippen LogP contribution is -2.51. The Bertz CT molecular complexity index is 291. The molecule has 6 atom stereocenters. The Kier molecular flexibility index (Phi) is 4.48. The summed E-state index contributed by atoms with van der Waals surface area (Å²) < 4.78 is 0. The molecule has 6 unspecified atom stereocenters. The van der Waals surface area contributed by atoms with Gasteiger partial charge in [0.1, 0.15) is 0 Å². The van der Waals surface area contributed by atoms with Crippen molar-refractivity contribution in [2.75, 3.05) is 26.2 Å². The minimum atomic E-state index is 0.878. The Morgan fingerprint density at radius 3 is 2.53 bits per heavy atom. The predicted molar refractivity (Wildman–Crippen MR) is 81.4 cm³/mol. The second-order valence-electron chi connectivity index (χ2n) is 7.13. The van der Waals surface area contributed by atoms with Gasteiger partial charge in [0.15, 0.2) is 0 Å². The van der Waals surface area contributed by atoms with Crippen LogP contribution in [-0.4, -0.2) is 48.1 Å². The van der Waals surface area contributed by atoms with Crippen molar-refractivity contribution in [3.05, 3.63) is 0 Å². The third-order valence-corrected chi connectivity index (χ3v) is 6.07. The van der Waals surface area contributed by atoms with E-state index in [9.17, 15) is 0 Å². The summed E-state index contributed by atoms with van der Waals surface area (Å²) in [6, 6.07) is 1.80. The van der Waals surface area contributed by atoms with Gasteiger partial charge in [-0.05, 0) is 31.1 Å². The maximum absolute atomic E-state index is 2.90. The number of nitrogens with zero attached hydrogens (tertiary/aromatic N) is 2. The maximum Gasteiger partial charge on any atom is 0.0136 e. The summed E-state index contributed by atoms with van der Waals surface area (Å²) in [5.74, 6) is 1.90. The van der Waals surface area contributed by atoms with Crippen LogP contribution in [0.3, 0.4) is 0 Å². The lowest BCUT2D eigenvalue weighted by molar-refractivity contribution is 0.0492. The molecule has 1 aliphatic carbocycles. The van der Waals surface area contributed by atoms with Gasteiger partial charge in [0.2, 0.25) is 0 Å². The highest BCUT2D eigenvalue weighted by Crippen LogP contribution is 2.36. The molecule has 0 aromatic carbocycles. The van der Waals surface area contributed by atoms with E-state index in [1.807, 2.05) is 0 Å². The highest BCUT2D eigenvalue weighted by molar-refractivity contribution is 4.96. The molecule has 1 saturated carbocycles. The molecule has 0 amide bonds. The van der Waals surface area contributed by atoms with Gasteiger partial charge in [-0.15, -0.1) is 0 Å². The molecular formula is C17H32N2. The zero-order valence-electron chi connectivity index (χ0n) is 13.0. The van der Waals surface area contributed by atoms with Crippen LogP contribution in [-0.2, 0) is 0 Å². The zero-order chi connectivity index (χ0) is 13.2. The fourth-order valence-electron chi connectivity index (χ4n) is 5.06. The Morgan fingerprint density at radius 1 is 0.947 bits per heavy atom. The fourth-order valence-corrected chi connectivity index (χ4v) is 5.06. The van der Waals surface area contributed by atoms with Crippen LogP contribution in [0.4, 0.5) is 0 Å². The quantitative estimate of drug-likeness (QED) is 0.771. The van der Waals surface area contributed by atoms with E-state index in [1.165, 1.54) is 71.1 Å². The summed E-state index contributed by atoms with van der Waals surface area (Å²) in [5.41, 5.74) is 0. The summed E-state index contributed by atoms with van der Waals surface area (Å²) in [5, 5.41) is 0. The van der Waals surface area contributed by atoms with Gasteiger partial charge in [0, 0.05) is 38.3 Å². The topological polar surface area (TPSA) is 6.48 Å². The molecule has 0 N–H and O–H groups in total. The Balaban J connectivity index is 1.81. The van der Waals surface area contributed by atoms with Crippen molar-refractivity contribution in [3.63, 3.8) is 0 Å². The third kappa shape index (κ3) is 2.71. The molecule has 110 valence electrons. The molecule has 2 bridgehead atoms. The van der Waals surface area contributed by atoms with Crippen molar-refractivity contribution in [3.8, 4) is 0 Å². The normalized spacial score (nSPS) is 46.4. The minimum Gasteiger partial charge on any atom is -0.298 e. The average molecular weight is 264 g/mol. The number of hydrogen-bond acceptors (Lipinski definition) is 2. The summed E-state index contributed by atoms with van der Waals surface area (Å²) in [6.07, 6.45) is 10.1. The van der Waals surface area contributed by atoms with Crippen molar-refractivity contribution >= 4 is 0 Å². The lowest BCUT2D eigenvalue weighted by atomic mass is 9.80. The van der Waals surface area contributed by atoms with E-state index in [0.29, 0.717) is 0 Å². The molecule has 0 aromatic heterocycles. The summed E-state index contributed by atoms with van der Waals surface area (Å²) in [4.78, 5) is 5.79. The van der Waals surface area contributed by atoms with Gasteiger partial charge in [-0.25, -0.2) is 0 Å². The van der Waals surface area contributed by atoms with Gasteiger partial charge in [0.05, 0.1) is 0 Å². The molecule has 2 nitrogen and oxygen atoms in total. The predicted octanol–water partition coefficient (Wildman–Crippen LogP) is 3.37. The van der Waals surface area contributed by atoms with Crippen LogP contribution in [0.25, 0.3) is 0 Å². The lowest BCUT2D eigenvalue weighted by Gasteiger charge is -2.45. The van der Waals surface area contributed by atoms with E-state index in [0.717, 1.165) is 23.9 Å². The first-order chi connectivity index (χ1) is 9.33. The van der Waals surface area contributed by atoms with Crippen LogP contribution in [0, 0.1) is 11.8 Å². The van der Waals surface area contributed by atoms with Gasteiger partial charge in [-0.3, -0.25) is 9.80 Å². The minimum absolute atomic E-state index is 0.878. The third-order valence-electron chi connectivity index (χ3n) is 6.07. The van der Waals surface area contributed by atoms with Crippen molar-refractivity contribution in [1.82, 2.24) is 9.80 Å².